The molecule has 0 aliphatic carbocycles. The summed E-state index contributed by atoms with van der Waals surface area (Å²) in [5.74, 6) is -1.94. The minimum atomic E-state index is -4.84. The number of rotatable bonds is 6. The number of alkyl halides is 3. The largest absolute Gasteiger partial charge is 0.462 e. The van der Waals surface area contributed by atoms with Crippen LogP contribution in [0.2, 0.25) is 0 Å². The van der Waals surface area contributed by atoms with Crippen LogP contribution in [-0.4, -0.2) is 34.8 Å². The maximum atomic E-state index is 13.5. The first-order valence-electron chi connectivity index (χ1n) is 8.12. The second kappa shape index (κ2) is 9.56. The van der Waals surface area contributed by atoms with Gasteiger partial charge in [-0.15, -0.1) is 12.4 Å². The van der Waals surface area contributed by atoms with E-state index in [-0.39, 0.29) is 42.8 Å². The molecule has 7 nitrogen and oxygen atoms in total. The van der Waals surface area contributed by atoms with Crippen LogP contribution in [0.1, 0.15) is 29.9 Å². The van der Waals surface area contributed by atoms with Gasteiger partial charge in [-0.25, -0.2) is 9.48 Å². The molecule has 154 valence electrons. The number of hydrogen-bond donors (Lipinski definition) is 2. The number of hydrogen-bond acceptors (Lipinski definition) is 5. The normalized spacial score (nSPS) is 12.1. The monoisotopic (exact) mass is 420 g/mol. The number of nitrogens with zero attached hydrogens (tertiary/aromatic N) is 2. The lowest BCUT2D eigenvalue weighted by Crippen LogP contribution is -2.26. The van der Waals surface area contributed by atoms with Crippen molar-refractivity contribution in [2.75, 3.05) is 18.5 Å². The fourth-order valence-corrected chi connectivity index (χ4v) is 2.26. The number of esters is 1. The van der Waals surface area contributed by atoms with Gasteiger partial charge in [-0.05, 0) is 25.1 Å². The average Bonchev–Trinajstić information content (AvgIpc) is 3.07. The second-order valence-electron chi connectivity index (χ2n) is 5.71. The summed E-state index contributed by atoms with van der Waals surface area (Å²) < 4.78 is 45.9. The molecule has 1 unspecified atom stereocenters. The summed E-state index contributed by atoms with van der Waals surface area (Å²) in [6, 6.07) is 5.68. The zero-order chi connectivity index (χ0) is 20.2. The van der Waals surface area contributed by atoms with Crippen molar-refractivity contribution in [2.24, 2.45) is 11.7 Å². The van der Waals surface area contributed by atoms with E-state index in [0.717, 1.165) is 6.20 Å². The number of nitrogens with two attached hydrogens (primary N) is 1. The van der Waals surface area contributed by atoms with Gasteiger partial charge in [0.15, 0.2) is 5.69 Å². The smallest absolute Gasteiger partial charge is 0.434 e. The molecule has 1 atom stereocenters. The van der Waals surface area contributed by atoms with Gasteiger partial charge in [-0.3, -0.25) is 4.79 Å². The van der Waals surface area contributed by atoms with Gasteiger partial charge in [-0.1, -0.05) is 13.0 Å². The molecule has 1 amide bonds. The Morgan fingerprint density at radius 1 is 1.36 bits per heavy atom. The highest BCUT2D eigenvalue weighted by molar-refractivity contribution is 5.93. The molecule has 2 aromatic rings. The zero-order valence-electron chi connectivity index (χ0n) is 15.1. The molecular formula is C17H20ClF3N4O3. The highest BCUT2D eigenvalue weighted by Crippen LogP contribution is 2.34. The molecule has 0 aliphatic heterocycles. The number of amides is 1. The number of ether oxygens (including phenoxy) is 1. The van der Waals surface area contributed by atoms with Crippen molar-refractivity contribution in [3.63, 3.8) is 0 Å². The van der Waals surface area contributed by atoms with E-state index in [0.29, 0.717) is 4.68 Å². The molecule has 0 fully saturated rings. The van der Waals surface area contributed by atoms with Crippen LogP contribution in [0.3, 0.4) is 0 Å². The second-order valence-corrected chi connectivity index (χ2v) is 5.71. The topological polar surface area (TPSA) is 99.2 Å². The van der Waals surface area contributed by atoms with Crippen LogP contribution in [0.5, 0.6) is 0 Å². The van der Waals surface area contributed by atoms with E-state index in [2.05, 4.69) is 15.2 Å². The van der Waals surface area contributed by atoms with Crippen LogP contribution in [0.15, 0.2) is 30.5 Å². The third kappa shape index (κ3) is 5.23. The highest BCUT2D eigenvalue weighted by Gasteiger charge is 2.41. The third-order valence-corrected chi connectivity index (χ3v) is 3.69. The molecule has 1 heterocycles. The Kier molecular flexibility index (Phi) is 8.01. The summed E-state index contributed by atoms with van der Waals surface area (Å²) in [6.07, 6.45) is -4.03. The fraction of sp³-hybridized carbons (Fsp3) is 0.353. The van der Waals surface area contributed by atoms with E-state index >= 15 is 0 Å². The standard InChI is InChI=1S/C17H19F3N4O3.ClH/c1-3-27-16(26)13-9-22-24(14(13)17(18,19)20)12-6-4-5-11(7-12)23-15(25)10(2)8-21;/h4-7,9-10H,3,8,21H2,1-2H3,(H,23,25);1H. The molecule has 3 N–H and O–H groups in total. The van der Waals surface area contributed by atoms with Gasteiger partial charge in [0.1, 0.15) is 5.56 Å². The first-order chi connectivity index (χ1) is 12.7. The van der Waals surface area contributed by atoms with Gasteiger partial charge in [0.25, 0.3) is 0 Å². The summed E-state index contributed by atoms with van der Waals surface area (Å²) in [5, 5.41) is 6.27. The summed E-state index contributed by atoms with van der Waals surface area (Å²) in [7, 11) is 0. The van der Waals surface area contributed by atoms with E-state index in [9.17, 15) is 22.8 Å². The van der Waals surface area contributed by atoms with Crippen LogP contribution in [0, 0.1) is 5.92 Å². The number of carbonyl (C=O) groups is 2. The fourth-order valence-electron chi connectivity index (χ4n) is 2.26. The molecule has 0 aliphatic rings. The van der Waals surface area contributed by atoms with Crippen molar-refractivity contribution in [2.45, 2.75) is 20.0 Å². The Bertz CT molecular complexity index is 839. The van der Waals surface area contributed by atoms with Crippen LogP contribution in [-0.2, 0) is 15.7 Å². The molecule has 0 bridgehead atoms. The molecule has 2 rings (SSSR count). The lowest BCUT2D eigenvalue weighted by atomic mass is 10.1. The number of nitrogens with one attached hydrogen (secondary N) is 1. The maximum absolute atomic E-state index is 13.5. The number of aromatic nitrogens is 2. The first kappa shape index (κ1) is 23.4. The summed E-state index contributed by atoms with van der Waals surface area (Å²) in [6.45, 7) is 3.18. The van der Waals surface area contributed by atoms with Gasteiger partial charge in [0.2, 0.25) is 5.91 Å². The predicted octanol–water partition coefficient (Wildman–Crippen LogP) is 3.02. The molecular weight excluding hydrogens is 401 g/mol. The zero-order valence-corrected chi connectivity index (χ0v) is 15.9. The van der Waals surface area contributed by atoms with Crippen molar-refractivity contribution in [1.82, 2.24) is 9.78 Å². The van der Waals surface area contributed by atoms with Crippen LogP contribution in [0.4, 0.5) is 18.9 Å². The van der Waals surface area contributed by atoms with E-state index in [1.54, 1.807) is 6.92 Å². The van der Waals surface area contributed by atoms with Crippen molar-refractivity contribution in [3.05, 3.63) is 41.7 Å². The predicted molar refractivity (Wildman–Crippen MR) is 98.6 cm³/mol. The Balaban J connectivity index is 0.00000392. The molecule has 0 radical (unpaired) electrons. The van der Waals surface area contributed by atoms with Crippen molar-refractivity contribution < 1.29 is 27.5 Å². The minimum Gasteiger partial charge on any atom is -0.462 e. The average molecular weight is 421 g/mol. The van der Waals surface area contributed by atoms with Gasteiger partial charge in [0, 0.05) is 18.2 Å². The summed E-state index contributed by atoms with van der Waals surface area (Å²) in [4.78, 5) is 23.8. The number of halogens is 4. The van der Waals surface area contributed by atoms with Crippen molar-refractivity contribution >= 4 is 30.0 Å². The van der Waals surface area contributed by atoms with Crippen LogP contribution in [0.25, 0.3) is 5.69 Å². The quantitative estimate of drug-likeness (QED) is 0.700. The molecule has 11 heteroatoms. The molecule has 0 saturated carbocycles. The van der Waals surface area contributed by atoms with Gasteiger partial charge < -0.3 is 15.8 Å². The maximum Gasteiger partial charge on any atom is 0.434 e. The van der Waals surface area contributed by atoms with E-state index < -0.39 is 29.3 Å². The highest BCUT2D eigenvalue weighted by atomic mass is 35.5. The van der Waals surface area contributed by atoms with E-state index in [1.807, 2.05) is 0 Å². The molecule has 1 aromatic heterocycles. The summed E-state index contributed by atoms with van der Waals surface area (Å²) >= 11 is 0. The molecule has 28 heavy (non-hydrogen) atoms. The van der Waals surface area contributed by atoms with E-state index in [1.165, 1.54) is 31.2 Å². The van der Waals surface area contributed by atoms with Gasteiger partial charge in [0.05, 0.1) is 18.5 Å². The number of anilines is 1. The van der Waals surface area contributed by atoms with Gasteiger partial charge in [-0.2, -0.15) is 18.3 Å². The Labute approximate surface area is 165 Å². The Morgan fingerprint density at radius 2 is 2.04 bits per heavy atom. The Morgan fingerprint density at radius 3 is 2.61 bits per heavy atom. The summed E-state index contributed by atoms with van der Waals surface area (Å²) in [5.41, 5.74) is 3.79. The van der Waals surface area contributed by atoms with Gasteiger partial charge >= 0.3 is 12.1 Å². The van der Waals surface area contributed by atoms with E-state index in [4.69, 9.17) is 5.73 Å². The number of benzene rings is 1. The van der Waals surface area contributed by atoms with Crippen molar-refractivity contribution in [3.8, 4) is 5.69 Å². The van der Waals surface area contributed by atoms with Crippen LogP contribution >= 0.6 is 12.4 Å². The number of carbonyl (C=O) groups excluding carboxylic acids is 2. The van der Waals surface area contributed by atoms with Crippen LogP contribution < -0.4 is 11.1 Å². The molecule has 1 aromatic carbocycles. The lowest BCUT2D eigenvalue weighted by molar-refractivity contribution is -0.143. The SMILES string of the molecule is CCOC(=O)c1cnn(-c2cccc(NC(=O)C(C)CN)c2)c1C(F)(F)F.Cl. The molecule has 0 saturated heterocycles. The third-order valence-electron chi connectivity index (χ3n) is 3.69. The Hall–Kier alpha value is -2.59. The molecule has 0 spiro atoms. The van der Waals surface area contributed by atoms with Crippen molar-refractivity contribution in [1.29, 1.82) is 0 Å². The first-order valence-corrected chi connectivity index (χ1v) is 8.12. The minimum absolute atomic E-state index is 0. The lowest BCUT2D eigenvalue weighted by Gasteiger charge is -2.14.